The molecular weight excluding hydrogens is 354 g/mol. The standard InChI is InChI=1S/C23H23NO4/c1-3-27-21-12-14-22(15-13-21)28-16-17-4-6-18(7-5-17)23(25)24-19-8-10-20(26-2)11-9-19/h4-15H,3,16H2,1-2H3,(H,24,25). The second-order valence-electron chi connectivity index (χ2n) is 6.07. The third-order valence-electron chi connectivity index (χ3n) is 4.10. The zero-order valence-electron chi connectivity index (χ0n) is 16.0. The quantitative estimate of drug-likeness (QED) is 0.605. The Labute approximate surface area is 164 Å². The minimum absolute atomic E-state index is 0.163. The van der Waals surface area contributed by atoms with Crippen LogP contribution in [0.2, 0.25) is 0 Å². The molecule has 0 aromatic heterocycles. The van der Waals surface area contributed by atoms with Crippen molar-refractivity contribution in [1.82, 2.24) is 0 Å². The van der Waals surface area contributed by atoms with Crippen LogP contribution in [-0.4, -0.2) is 19.6 Å². The Bertz CT molecular complexity index is 887. The van der Waals surface area contributed by atoms with Gasteiger partial charge in [-0.05, 0) is 73.2 Å². The van der Waals surface area contributed by atoms with Crippen molar-refractivity contribution in [3.05, 3.63) is 83.9 Å². The van der Waals surface area contributed by atoms with Gasteiger partial charge in [-0.25, -0.2) is 0 Å². The maximum atomic E-state index is 12.4. The zero-order valence-corrected chi connectivity index (χ0v) is 16.0. The molecule has 0 aliphatic heterocycles. The predicted octanol–water partition coefficient (Wildman–Crippen LogP) is 4.93. The van der Waals surface area contributed by atoms with Crippen molar-refractivity contribution in [3.63, 3.8) is 0 Å². The summed E-state index contributed by atoms with van der Waals surface area (Å²) in [5, 5.41) is 2.86. The van der Waals surface area contributed by atoms with Gasteiger partial charge < -0.3 is 19.5 Å². The van der Waals surface area contributed by atoms with Gasteiger partial charge in [0.15, 0.2) is 0 Å². The number of hydrogen-bond donors (Lipinski definition) is 1. The van der Waals surface area contributed by atoms with Crippen LogP contribution in [0.15, 0.2) is 72.8 Å². The van der Waals surface area contributed by atoms with E-state index in [9.17, 15) is 4.79 Å². The minimum atomic E-state index is -0.163. The molecule has 28 heavy (non-hydrogen) atoms. The van der Waals surface area contributed by atoms with E-state index in [2.05, 4.69) is 5.32 Å². The van der Waals surface area contributed by atoms with E-state index in [1.54, 1.807) is 43.5 Å². The second-order valence-corrected chi connectivity index (χ2v) is 6.07. The van der Waals surface area contributed by atoms with Gasteiger partial charge in [0.2, 0.25) is 0 Å². The normalized spacial score (nSPS) is 10.2. The molecule has 0 radical (unpaired) electrons. The SMILES string of the molecule is CCOc1ccc(OCc2ccc(C(=O)Nc3ccc(OC)cc3)cc2)cc1. The highest BCUT2D eigenvalue weighted by atomic mass is 16.5. The van der Waals surface area contributed by atoms with Crippen LogP contribution in [-0.2, 0) is 6.61 Å². The van der Waals surface area contributed by atoms with Gasteiger partial charge >= 0.3 is 0 Å². The number of benzene rings is 3. The largest absolute Gasteiger partial charge is 0.497 e. The molecule has 0 fully saturated rings. The molecule has 0 saturated carbocycles. The lowest BCUT2D eigenvalue weighted by atomic mass is 10.1. The molecule has 0 spiro atoms. The van der Waals surface area contributed by atoms with Crippen molar-refractivity contribution in [3.8, 4) is 17.2 Å². The minimum Gasteiger partial charge on any atom is -0.497 e. The van der Waals surface area contributed by atoms with Gasteiger partial charge in [-0.15, -0.1) is 0 Å². The summed E-state index contributed by atoms with van der Waals surface area (Å²) in [6.45, 7) is 3.01. The number of hydrogen-bond acceptors (Lipinski definition) is 4. The molecule has 0 aliphatic rings. The van der Waals surface area contributed by atoms with Gasteiger partial charge in [0.05, 0.1) is 13.7 Å². The van der Waals surface area contributed by atoms with Gasteiger partial charge in [0.25, 0.3) is 5.91 Å². The number of anilines is 1. The Kier molecular flexibility index (Phi) is 6.52. The van der Waals surface area contributed by atoms with Crippen molar-refractivity contribution in [2.24, 2.45) is 0 Å². The second kappa shape index (κ2) is 9.46. The lowest BCUT2D eigenvalue weighted by Gasteiger charge is -2.09. The molecule has 3 aromatic rings. The van der Waals surface area contributed by atoms with Crippen LogP contribution in [0, 0.1) is 0 Å². The molecule has 144 valence electrons. The first kappa shape index (κ1) is 19.3. The fraction of sp³-hybridized carbons (Fsp3) is 0.174. The maximum Gasteiger partial charge on any atom is 0.255 e. The highest BCUT2D eigenvalue weighted by Crippen LogP contribution is 2.19. The Morgan fingerprint density at radius 3 is 1.93 bits per heavy atom. The van der Waals surface area contributed by atoms with Gasteiger partial charge in [0, 0.05) is 11.3 Å². The van der Waals surface area contributed by atoms with Crippen LogP contribution in [0.25, 0.3) is 0 Å². The van der Waals surface area contributed by atoms with E-state index in [4.69, 9.17) is 14.2 Å². The third-order valence-corrected chi connectivity index (χ3v) is 4.10. The first-order valence-corrected chi connectivity index (χ1v) is 9.08. The van der Waals surface area contributed by atoms with E-state index in [0.717, 1.165) is 22.8 Å². The molecule has 3 aromatic carbocycles. The van der Waals surface area contributed by atoms with Crippen LogP contribution in [0.5, 0.6) is 17.2 Å². The fourth-order valence-electron chi connectivity index (χ4n) is 2.60. The van der Waals surface area contributed by atoms with E-state index in [1.807, 2.05) is 43.3 Å². The molecule has 1 amide bonds. The van der Waals surface area contributed by atoms with Gasteiger partial charge in [-0.3, -0.25) is 4.79 Å². The van der Waals surface area contributed by atoms with E-state index >= 15 is 0 Å². The third kappa shape index (κ3) is 5.27. The Balaban J connectivity index is 1.54. The summed E-state index contributed by atoms with van der Waals surface area (Å²) in [5.41, 5.74) is 2.28. The lowest BCUT2D eigenvalue weighted by Crippen LogP contribution is -2.11. The molecule has 0 aliphatic carbocycles. The number of ether oxygens (including phenoxy) is 3. The monoisotopic (exact) mass is 377 g/mol. The number of amides is 1. The summed E-state index contributed by atoms with van der Waals surface area (Å²) < 4.78 is 16.3. The van der Waals surface area contributed by atoms with Gasteiger partial charge in [-0.1, -0.05) is 12.1 Å². The number of rotatable bonds is 8. The number of carbonyl (C=O) groups excluding carboxylic acids is 1. The molecule has 3 rings (SSSR count). The number of nitrogens with one attached hydrogen (secondary N) is 1. The summed E-state index contributed by atoms with van der Waals surface area (Å²) in [4.78, 5) is 12.4. The van der Waals surface area contributed by atoms with E-state index in [0.29, 0.717) is 24.5 Å². The summed E-state index contributed by atoms with van der Waals surface area (Å²) in [6.07, 6.45) is 0. The first-order valence-electron chi connectivity index (χ1n) is 9.08. The zero-order chi connectivity index (χ0) is 19.8. The summed E-state index contributed by atoms with van der Waals surface area (Å²) in [6, 6.07) is 22.1. The van der Waals surface area contributed by atoms with E-state index in [1.165, 1.54) is 0 Å². The average molecular weight is 377 g/mol. The Hall–Kier alpha value is -3.47. The van der Waals surface area contributed by atoms with Crippen LogP contribution in [0.4, 0.5) is 5.69 Å². The predicted molar refractivity (Wildman–Crippen MR) is 109 cm³/mol. The Morgan fingerprint density at radius 1 is 0.786 bits per heavy atom. The number of carbonyl (C=O) groups is 1. The fourth-order valence-corrected chi connectivity index (χ4v) is 2.60. The Morgan fingerprint density at radius 2 is 1.36 bits per heavy atom. The molecule has 0 heterocycles. The molecule has 0 saturated heterocycles. The highest BCUT2D eigenvalue weighted by molar-refractivity contribution is 6.04. The van der Waals surface area contributed by atoms with Crippen LogP contribution in [0.1, 0.15) is 22.8 Å². The number of methoxy groups -OCH3 is 1. The van der Waals surface area contributed by atoms with Crippen molar-refractivity contribution >= 4 is 11.6 Å². The topological polar surface area (TPSA) is 56.8 Å². The van der Waals surface area contributed by atoms with Crippen molar-refractivity contribution in [2.45, 2.75) is 13.5 Å². The van der Waals surface area contributed by atoms with Crippen LogP contribution in [0.3, 0.4) is 0 Å². The summed E-state index contributed by atoms with van der Waals surface area (Å²) >= 11 is 0. The van der Waals surface area contributed by atoms with Gasteiger partial charge in [0.1, 0.15) is 23.9 Å². The molecule has 0 unspecified atom stereocenters. The smallest absolute Gasteiger partial charge is 0.255 e. The average Bonchev–Trinajstić information content (AvgIpc) is 2.74. The molecule has 0 atom stereocenters. The lowest BCUT2D eigenvalue weighted by molar-refractivity contribution is 0.102. The van der Waals surface area contributed by atoms with E-state index < -0.39 is 0 Å². The molecule has 0 bridgehead atoms. The van der Waals surface area contributed by atoms with Crippen LogP contribution >= 0.6 is 0 Å². The van der Waals surface area contributed by atoms with E-state index in [-0.39, 0.29) is 5.91 Å². The van der Waals surface area contributed by atoms with Crippen molar-refractivity contribution < 1.29 is 19.0 Å². The highest BCUT2D eigenvalue weighted by Gasteiger charge is 2.06. The first-order chi connectivity index (χ1) is 13.7. The maximum absolute atomic E-state index is 12.4. The molecular formula is C23H23NO4. The van der Waals surface area contributed by atoms with Crippen LogP contribution < -0.4 is 19.5 Å². The van der Waals surface area contributed by atoms with Crippen molar-refractivity contribution in [1.29, 1.82) is 0 Å². The van der Waals surface area contributed by atoms with Crippen molar-refractivity contribution in [2.75, 3.05) is 19.0 Å². The molecule has 1 N–H and O–H groups in total. The summed E-state index contributed by atoms with van der Waals surface area (Å²) in [7, 11) is 1.61. The summed E-state index contributed by atoms with van der Waals surface area (Å²) in [5.74, 6) is 2.17. The molecule has 5 nitrogen and oxygen atoms in total. The molecule has 5 heteroatoms. The van der Waals surface area contributed by atoms with Gasteiger partial charge in [-0.2, -0.15) is 0 Å².